The van der Waals surface area contributed by atoms with Crippen LogP contribution < -0.4 is 5.73 Å². The van der Waals surface area contributed by atoms with Crippen LogP contribution in [0.3, 0.4) is 0 Å². The quantitative estimate of drug-likeness (QED) is 0.782. The molecule has 5 heteroatoms. The Labute approximate surface area is 108 Å². The van der Waals surface area contributed by atoms with Crippen molar-refractivity contribution in [3.8, 4) is 10.7 Å². The van der Waals surface area contributed by atoms with Crippen LogP contribution in [-0.4, -0.2) is 15.5 Å². The maximum atomic E-state index is 11.0. The third-order valence-electron chi connectivity index (χ3n) is 2.69. The van der Waals surface area contributed by atoms with Gasteiger partial charge in [0, 0.05) is 17.1 Å². The highest BCUT2D eigenvalue weighted by molar-refractivity contribution is 7.22. The topological polar surface area (TPSA) is 60.9 Å². The normalized spacial score (nSPS) is 10.9. The number of thiophene rings is 1. The minimum absolute atomic E-state index is 0.156. The van der Waals surface area contributed by atoms with E-state index >= 15 is 0 Å². The summed E-state index contributed by atoms with van der Waals surface area (Å²) in [5.41, 5.74) is 5.22. The molecule has 0 spiro atoms. The van der Waals surface area contributed by atoms with Crippen molar-refractivity contribution < 1.29 is 4.79 Å². The van der Waals surface area contributed by atoms with Gasteiger partial charge >= 0.3 is 0 Å². The third kappa shape index (κ3) is 1.89. The van der Waals surface area contributed by atoms with Gasteiger partial charge in [0.1, 0.15) is 6.54 Å². The summed E-state index contributed by atoms with van der Waals surface area (Å²) in [6.07, 6.45) is 3.45. The van der Waals surface area contributed by atoms with Crippen LogP contribution in [0.5, 0.6) is 0 Å². The zero-order chi connectivity index (χ0) is 12.5. The number of hydrogen-bond donors (Lipinski definition) is 1. The van der Waals surface area contributed by atoms with Gasteiger partial charge in [-0.1, -0.05) is 18.2 Å². The Morgan fingerprint density at radius 2 is 2.22 bits per heavy atom. The van der Waals surface area contributed by atoms with Crippen molar-refractivity contribution in [1.29, 1.82) is 0 Å². The van der Waals surface area contributed by atoms with Crippen LogP contribution in [-0.2, 0) is 11.3 Å². The number of nitrogens with zero attached hydrogens (tertiary/aromatic N) is 2. The van der Waals surface area contributed by atoms with Gasteiger partial charge in [-0.05, 0) is 17.5 Å². The van der Waals surface area contributed by atoms with Crippen molar-refractivity contribution in [2.45, 2.75) is 6.54 Å². The second-order valence-electron chi connectivity index (χ2n) is 3.99. The van der Waals surface area contributed by atoms with E-state index < -0.39 is 0 Å². The number of fused-ring (bicyclic) bond motifs is 1. The minimum atomic E-state index is -0.365. The summed E-state index contributed by atoms with van der Waals surface area (Å²) in [6, 6.07) is 10.2. The van der Waals surface area contributed by atoms with Gasteiger partial charge in [0.15, 0.2) is 5.82 Å². The molecule has 4 nitrogen and oxygen atoms in total. The van der Waals surface area contributed by atoms with E-state index in [1.54, 1.807) is 28.3 Å². The van der Waals surface area contributed by atoms with Crippen molar-refractivity contribution >= 4 is 27.3 Å². The highest BCUT2D eigenvalue weighted by Gasteiger charge is 2.10. The fraction of sp³-hybridized carbons (Fsp3) is 0.0769. The summed E-state index contributed by atoms with van der Waals surface area (Å²) < 4.78 is 2.98. The number of primary amides is 1. The number of amides is 1. The molecule has 90 valence electrons. The fourth-order valence-electron chi connectivity index (χ4n) is 1.92. The SMILES string of the molecule is NC(=O)Cn1ccnc1-c1cc2ccccc2s1. The molecule has 0 saturated heterocycles. The third-order valence-corrected chi connectivity index (χ3v) is 3.80. The van der Waals surface area contributed by atoms with Gasteiger partial charge in [-0.15, -0.1) is 11.3 Å². The molecule has 1 amide bonds. The van der Waals surface area contributed by atoms with Crippen LogP contribution in [0.15, 0.2) is 42.7 Å². The van der Waals surface area contributed by atoms with Crippen LogP contribution in [0, 0.1) is 0 Å². The van der Waals surface area contributed by atoms with Gasteiger partial charge in [0.25, 0.3) is 0 Å². The maximum absolute atomic E-state index is 11.0. The molecule has 1 aromatic carbocycles. The molecule has 2 heterocycles. The van der Waals surface area contributed by atoms with E-state index in [-0.39, 0.29) is 12.5 Å². The average molecular weight is 257 g/mol. The molecule has 0 aliphatic carbocycles. The molecular formula is C13H11N3OS. The molecule has 3 aromatic rings. The Morgan fingerprint density at radius 3 is 3.00 bits per heavy atom. The van der Waals surface area contributed by atoms with E-state index in [4.69, 9.17) is 5.73 Å². The highest BCUT2D eigenvalue weighted by Crippen LogP contribution is 2.32. The number of hydrogen-bond acceptors (Lipinski definition) is 3. The molecular weight excluding hydrogens is 246 g/mol. The number of carbonyl (C=O) groups is 1. The predicted octanol–water partition coefficient (Wildman–Crippen LogP) is 2.25. The van der Waals surface area contributed by atoms with Crippen molar-refractivity contribution in [2.75, 3.05) is 0 Å². The van der Waals surface area contributed by atoms with Crippen molar-refractivity contribution in [2.24, 2.45) is 5.73 Å². The maximum Gasteiger partial charge on any atom is 0.237 e. The lowest BCUT2D eigenvalue weighted by molar-refractivity contribution is -0.118. The molecule has 2 aromatic heterocycles. The molecule has 0 saturated carbocycles. The van der Waals surface area contributed by atoms with Crippen molar-refractivity contribution in [3.63, 3.8) is 0 Å². The first-order chi connectivity index (χ1) is 8.74. The Morgan fingerprint density at radius 1 is 1.39 bits per heavy atom. The van der Waals surface area contributed by atoms with E-state index in [0.717, 1.165) is 10.7 Å². The van der Waals surface area contributed by atoms with Crippen molar-refractivity contribution in [1.82, 2.24) is 9.55 Å². The van der Waals surface area contributed by atoms with Crippen molar-refractivity contribution in [3.05, 3.63) is 42.7 Å². The van der Waals surface area contributed by atoms with Crippen LogP contribution >= 0.6 is 11.3 Å². The van der Waals surface area contributed by atoms with Gasteiger partial charge in [-0.3, -0.25) is 4.79 Å². The van der Waals surface area contributed by atoms with Gasteiger partial charge in [0.2, 0.25) is 5.91 Å². The number of rotatable bonds is 3. The van der Waals surface area contributed by atoms with Gasteiger partial charge in [0.05, 0.1) is 4.88 Å². The summed E-state index contributed by atoms with van der Waals surface area (Å²) >= 11 is 1.66. The number of carbonyl (C=O) groups excluding carboxylic acids is 1. The van der Waals surface area contributed by atoms with Crippen LogP contribution in [0.2, 0.25) is 0 Å². The molecule has 0 unspecified atom stereocenters. The van der Waals surface area contributed by atoms with Gasteiger partial charge in [-0.2, -0.15) is 0 Å². The van der Waals surface area contributed by atoms with Gasteiger partial charge in [-0.25, -0.2) is 4.98 Å². The molecule has 18 heavy (non-hydrogen) atoms. The van der Waals surface area contributed by atoms with Crippen LogP contribution in [0.4, 0.5) is 0 Å². The number of aromatic nitrogens is 2. The Hall–Kier alpha value is -2.14. The summed E-state index contributed by atoms with van der Waals surface area (Å²) in [5, 5.41) is 1.19. The molecule has 0 radical (unpaired) electrons. The zero-order valence-electron chi connectivity index (χ0n) is 9.54. The summed E-state index contributed by atoms with van der Waals surface area (Å²) in [4.78, 5) is 16.3. The molecule has 2 N–H and O–H groups in total. The van der Waals surface area contributed by atoms with E-state index in [1.807, 2.05) is 12.1 Å². The lowest BCUT2D eigenvalue weighted by Gasteiger charge is -2.02. The zero-order valence-corrected chi connectivity index (χ0v) is 10.4. The molecule has 3 rings (SSSR count). The number of nitrogens with two attached hydrogens (primary N) is 1. The lowest BCUT2D eigenvalue weighted by Crippen LogP contribution is -2.18. The largest absolute Gasteiger partial charge is 0.368 e. The second kappa shape index (κ2) is 4.27. The van der Waals surface area contributed by atoms with E-state index in [0.29, 0.717) is 0 Å². The molecule has 0 fully saturated rings. The van der Waals surface area contributed by atoms with E-state index in [1.165, 1.54) is 10.1 Å². The van der Waals surface area contributed by atoms with Gasteiger partial charge < -0.3 is 10.3 Å². The summed E-state index contributed by atoms with van der Waals surface area (Å²) in [5.74, 6) is 0.422. The predicted molar refractivity (Wildman–Crippen MR) is 72.2 cm³/mol. The Balaban J connectivity index is 2.08. The Bertz CT molecular complexity index is 681. The first kappa shape index (κ1) is 11.0. The smallest absolute Gasteiger partial charge is 0.237 e. The fourth-order valence-corrected chi connectivity index (χ4v) is 3.00. The molecule has 0 aliphatic rings. The second-order valence-corrected chi connectivity index (χ2v) is 5.08. The Kier molecular flexibility index (Phi) is 2.60. The van der Waals surface area contributed by atoms with E-state index in [2.05, 4.69) is 23.2 Å². The average Bonchev–Trinajstić information content (AvgIpc) is 2.93. The first-order valence-electron chi connectivity index (χ1n) is 5.52. The first-order valence-corrected chi connectivity index (χ1v) is 6.34. The lowest BCUT2D eigenvalue weighted by atomic mass is 10.2. The molecule has 0 aliphatic heterocycles. The monoisotopic (exact) mass is 257 g/mol. The minimum Gasteiger partial charge on any atom is -0.368 e. The van der Waals surface area contributed by atoms with E-state index in [9.17, 15) is 4.79 Å². The highest BCUT2D eigenvalue weighted by atomic mass is 32.1. The standard InChI is InChI=1S/C13H11N3OS/c14-12(17)8-16-6-5-15-13(16)11-7-9-3-1-2-4-10(9)18-11/h1-7H,8H2,(H2,14,17). The summed E-state index contributed by atoms with van der Waals surface area (Å²) in [7, 11) is 0. The molecule has 0 bridgehead atoms. The van der Waals surface area contributed by atoms with Crippen LogP contribution in [0.1, 0.15) is 0 Å². The van der Waals surface area contributed by atoms with Crippen LogP contribution in [0.25, 0.3) is 20.8 Å². The number of benzene rings is 1. The summed E-state index contributed by atoms with van der Waals surface area (Å²) in [6.45, 7) is 0.156. The number of imidazole rings is 1. The molecule has 0 atom stereocenters.